The van der Waals surface area contributed by atoms with Crippen molar-refractivity contribution in [1.29, 1.82) is 0 Å². The van der Waals surface area contributed by atoms with E-state index in [1.807, 2.05) is 0 Å². The highest BCUT2D eigenvalue weighted by Gasteiger charge is 2.29. The normalized spacial score (nSPS) is 12.9. The molecule has 0 rings (SSSR count). The van der Waals surface area contributed by atoms with Gasteiger partial charge >= 0.3 is 18.0 Å². The number of esters is 2. The van der Waals surface area contributed by atoms with Crippen molar-refractivity contribution < 1.29 is 33.7 Å². The Labute approximate surface area is 165 Å². The molecule has 27 heavy (non-hydrogen) atoms. The van der Waals surface area contributed by atoms with E-state index >= 15 is 0 Å². The second kappa shape index (κ2) is 12.1. The molecular formula is C18H33NO7S. The number of alkyl carbamates (subject to hydrolysis) is 1. The van der Waals surface area contributed by atoms with Gasteiger partial charge in [-0.15, -0.1) is 0 Å². The Hall–Kier alpha value is -1.48. The average Bonchev–Trinajstić information content (AvgIpc) is 2.47. The van der Waals surface area contributed by atoms with E-state index in [1.165, 1.54) is 11.8 Å². The molecule has 8 nitrogen and oxygen atoms in total. The van der Waals surface area contributed by atoms with Gasteiger partial charge in [-0.3, -0.25) is 4.79 Å². The Balaban J connectivity index is 4.63. The summed E-state index contributed by atoms with van der Waals surface area (Å²) in [6.45, 7) is 10.6. The van der Waals surface area contributed by atoms with Gasteiger partial charge < -0.3 is 24.6 Å². The van der Waals surface area contributed by atoms with Crippen molar-refractivity contribution in [3.8, 4) is 0 Å². The Bertz CT molecular complexity index is 483. The molecule has 2 N–H and O–H groups in total. The zero-order chi connectivity index (χ0) is 21.1. The number of aliphatic hydroxyl groups is 1. The van der Waals surface area contributed by atoms with Crippen molar-refractivity contribution in [2.24, 2.45) is 0 Å². The molecule has 0 unspecified atom stereocenters. The Kier molecular flexibility index (Phi) is 11.4. The smallest absolute Gasteiger partial charge is 0.408 e. The van der Waals surface area contributed by atoms with Crippen LogP contribution in [-0.2, 0) is 23.8 Å². The molecule has 9 heteroatoms. The number of hydrogen-bond acceptors (Lipinski definition) is 8. The van der Waals surface area contributed by atoms with Gasteiger partial charge in [-0.05, 0) is 48.0 Å². The molecule has 0 saturated heterocycles. The van der Waals surface area contributed by atoms with Crippen LogP contribution in [0.5, 0.6) is 0 Å². The van der Waals surface area contributed by atoms with E-state index < -0.39 is 35.3 Å². The summed E-state index contributed by atoms with van der Waals surface area (Å²) in [4.78, 5) is 36.1. The van der Waals surface area contributed by atoms with Gasteiger partial charge in [-0.1, -0.05) is 0 Å². The maximum atomic E-state index is 12.3. The summed E-state index contributed by atoms with van der Waals surface area (Å²) in [6, 6.07) is -1.02. The second-order valence-electron chi connectivity index (χ2n) is 7.83. The molecule has 0 spiro atoms. The summed E-state index contributed by atoms with van der Waals surface area (Å²) in [7, 11) is 0. The minimum Gasteiger partial charge on any atom is -0.465 e. The van der Waals surface area contributed by atoms with Crippen LogP contribution in [0.1, 0.15) is 54.4 Å². The molecule has 1 atom stereocenters. The number of hydrogen-bond donors (Lipinski definition) is 2. The molecule has 0 aromatic carbocycles. The van der Waals surface area contributed by atoms with Crippen molar-refractivity contribution in [1.82, 2.24) is 5.32 Å². The molecule has 0 heterocycles. The molecule has 1 amide bonds. The van der Waals surface area contributed by atoms with Gasteiger partial charge in [0.25, 0.3) is 0 Å². The van der Waals surface area contributed by atoms with Crippen LogP contribution in [0.25, 0.3) is 0 Å². The third-order valence-corrected chi connectivity index (χ3v) is 3.67. The third kappa shape index (κ3) is 15.3. The summed E-state index contributed by atoms with van der Waals surface area (Å²) < 4.78 is 15.5. The molecule has 0 radical (unpaired) electrons. The van der Waals surface area contributed by atoms with Gasteiger partial charge in [0.2, 0.25) is 0 Å². The summed E-state index contributed by atoms with van der Waals surface area (Å²) in [5.41, 5.74) is -1.44. The lowest BCUT2D eigenvalue weighted by Gasteiger charge is -2.26. The fourth-order valence-corrected chi connectivity index (χ4v) is 2.32. The van der Waals surface area contributed by atoms with E-state index in [1.54, 1.807) is 41.5 Å². The Morgan fingerprint density at radius 1 is 1.00 bits per heavy atom. The van der Waals surface area contributed by atoms with Crippen LogP contribution in [0.3, 0.4) is 0 Å². The lowest BCUT2D eigenvalue weighted by Crippen LogP contribution is -2.46. The number of amides is 1. The van der Waals surface area contributed by atoms with Gasteiger partial charge in [-0.2, -0.15) is 11.8 Å². The summed E-state index contributed by atoms with van der Waals surface area (Å²) >= 11 is 1.47. The first-order chi connectivity index (χ1) is 12.3. The van der Waals surface area contributed by atoms with Crippen molar-refractivity contribution in [2.45, 2.75) is 71.6 Å². The third-order valence-electron chi connectivity index (χ3n) is 2.75. The molecule has 158 valence electrons. The molecule has 0 fully saturated rings. The molecule has 0 bridgehead atoms. The average molecular weight is 408 g/mol. The van der Waals surface area contributed by atoms with E-state index in [-0.39, 0.29) is 26.1 Å². The van der Waals surface area contributed by atoms with Crippen LogP contribution in [0, 0.1) is 0 Å². The Morgan fingerprint density at radius 3 is 2.11 bits per heavy atom. The maximum absolute atomic E-state index is 12.3. The molecule has 0 aromatic rings. The van der Waals surface area contributed by atoms with Crippen LogP contribution < -0.4 is 5.32 Å². The fraction of sp³-hybridized carbons (Fsp3) is 0.833. The summed E-state index contributed by atoms with van der Waals surface area (Å²) in [5.74, 6) is 0.0505. The topological polar surface area (TPSA) is 111 Å². The zero-order valence-electron chi connectivity index (χ0n) is 17.1. The lowest BCUT2D eigenvalue weighted by molar-refractivity contribution is -0.157. The SMILES string of the molecule is CC(C)(C)OC(=O)N[C@@H](CCC(=O)OCCSCCO)C(=O)OC(C)(C)C. The predicted molar refractivity (Wildman–Crippen MR) is 104 cm³/mol. The second-order valence-corrected chi connectivity index (χ2v) is 9.05. The van der Waals surface area contributed by atoms with Crippen molar-refractivity contribution in [3.63, 3.8) is 0 Å². The first kappa shape index (κ1) is 25.5. The Morgan fingerprint density at radius 2 is 1.59 bits per heavy atom. The number of nitrogens with one attached hydrogen (secondary N) is 1. The largest absolute Gasteiger partial charge is 0.465 e. The standard InChI is InChI=1S/C18H33NO7S/c1-17(2,3)25-15(22)13(19-16(23)26-18(4,5)6)7-8-14(21)24-10-12-27-11-9-20/h13,20H,7-12H2,1-6H3,(H,19,23)/t13-/m0/s1. The summed E-state index contributed by atoms with van der Waals surface area (Å²) in [6.07, 6.45) is -0.770. The molecule has 0 aliphatic carbocycles. The number of carbonyl (C=O) groups excluding carboxylic acids is 3. The van der Waals surface area contributed by atoms with Crippen LogP contribution in [-0.4, -0.2) is 65.1 Å². The van der Waals surface area contributed by atoms with Gasteiger partial charge in [0.05, 0.1) is 6.61 Å². The van der Waals surface area contributed by atoms with Crippen molar-refractivity contribution in [2.75, 3.05) is 24.7 Å². The van der Waals surface area contributed by atoms with E-state index in [9.17, 15) is 14.4 Å². The van der Waals surface area contributed by atoms with E-state index in [0.717, 1.165) is 0 Å². The molecule has 0 aliphatic rings. The van der Waals surface area contributed by atoms with E-state index in [0.29, 0.717) is 11.5 Å². The zero-order valence-corrected chi connectivity index (χ0v) is 17.9. The van der Waals surface area contributed by atoms with Crippen molar-refractivity contribution in [3.05, 3.63) is 0 Å². The highest BCUT2D eigenvalue weighted by molar-refractivity contribution is 7.99. The fourth-order valence-electron chi connectivity index (χ4n) is 1.79. The number of aliphatic hydroxyl groups excluding tert-OH is 1. The number of ether oxygens (including phenoxy) is 3. The van der Waals surface area contributed by atoms with Gasteiger partial charge in [-0.25, -0.2) is 9.59 Å². The number of rotatable bonds is 10. The van der Waals surface area contributed by atoms with E-state index in [2.05, 4.69) is 5.32 Å². The van der Waals surface area contributed by atoms with Crippen LogP contribution in [0.15, 0.2) is 0 Å². The molecule has 0 aliphatic heterocycles. The monoisotopic (exact) mass is 407 g/mol. The quantitative estimate of drug-likeness (QED) is 0.322. The van der Waals surface area contributed by atoms with Gasteiger partial charge in [0, 0.05) is 17.9 Å². The molecule has 0 aromatic heterocycles. The first-order valence-corrected chi connectivity index (χ1v) is 10.1. The number of carbonyl (C=O) groups is 3. The van der Waals surface area contributed by atoms with Crippen LogP contribution >= 0.6 is 11.8 Å². The van der Waals surface area contributed by atoms with Crippen molar-refractivity contribution >= 4 is 29.8 Å². The molecular weight excluding hydrogens is 374 g/mol. The molecule has 0 saturated carbocycles. The minimum atomic E-state index is -1.02. The predicted octanol–water partition coefficient (Wildman–Crippen LogP) is 2.27. The van der Waals surface area contributed by atoms with Gasteiger partial charge in [0.1, 0.15) is 23.9 Å². The maximum Gasteiger partial charge on any atom is 0.408 e. The van der Waals surface area contributed by atoms with Crippen LogP contribution in [0.4, 0.5) is 4.79 Å². The lowest BCUT2D eigenvalue weighted by atomic mass is 10.1. The summed E-state index contributed by atoms with van der Waals surface area (Å²) in [5, 5.41) is 11.1. The number of thioether (sulfide) groups is 1. The highest BCUT2D eigenvalue weighted by atomic mass is 32.2. The van der Waals surface area contributed by atoms with E-state index in [4.69, 9.17) is 19.3 Å². The highest BCUT2D eigenvalue weighted by Crippen LogP contribution is 2.13. The van der Waals surface area contributed by atoms with Gasteiger partial charge in [0.15, 0.2) is 0 Å². The minimum absolute atomic E-state index is 0.0385. The first-order valence-electron chi connectivity index (χ1n) is 8.90. The van der Waals surface area contributed by atoms with Crippen LogP contribution in [0.2, 0.25) is 0 Å².